The summed E-state index contributed by atoms with van der Waals surface area (Å²) >= 11 is 0. The van der Waals surface area contributed by atoms with Crippen LogP contribution in [0.1, 0.15) is 47.4 Å². The summed E-state index contributed by atoms with van der Waals surface area (Å²) in [6.45, 7) is 0. The van der Waals surface area contributed by atoms with E-state index in [2.05, 4.69) is 15.3 Å². The zero-order valence-electron chi connectivity index (χ0n) is 19.1. The number of imidazole rings is 1. The summed E-state index contributed by atoms with van der Waals surface area (Å²) in [4.78, 5) is 20.8. The molecule has 1 fully saturated rings. The van der Waals surface area contributed by atoms with Gasteiger partial charge in [-0.25, -0.2) is 9.97 Å². The molecule has 0 spiro atoms. The second-order valence-corrected chi connectivity index (χ2v) is 8.70. The van der Waals surface area contributed by atoms with Gasteiger partial charge in [0, 0.05) is 48.5 Å². The molecule has 1 aliphatic carbocycles. The van der Waals surface area contributed by atoms with Crippen LogP contribution in [-0.4, -0.2) is 39.6 Å². The minimum atomic E-state index is -5.00. The van der Waals surface area contributed by atoms with Gasteiger partial charge in [0.1, 0.15) is 11.4 Å². The number of pyridine rings is 1. The van der Waals surface area contributed by atoms with Crippen molar-refractivity contribution in [2.75, 3.05) is 11.9 Å². The Morgan fingerprint density at radius 2 is 1.56 bits per heavy atom. The molecule has 0 saturated heterocycles. The normalized spacial score (nSPS) is 18.6. The third-order valence-electron chi connectivity index (χ3n) is 6.31. The Morgan fingerprint density at radius 3 is 2.06 bits per heavy atom. The van der Waals surface area contributed by atoms with Crippen LogP contribution in [0.25, 0.3) is 5.69 Å². The third-order valence-corrected chi connectivity index (χ3v) is 6.31. The molecular formula is C24H23F6N5O. The molecule has 0 aliphatic heterocycles. The number of carbonyl (C=O) groups is 1. The van der Waals surface area contributed by atoms with Crippen LogP contribution in [-0.2, 0) is 12.4 Å². The van der Waals surface area contributed by atoms with Crippen molar-refractivity contribution in [3.05, 3.63) is 72.1 Å². The standard InChI is InChI=1S/C24H23F6N5O/c1-34(19-12-20(23(25,26)27)33-21(13-19)24(28,29)30)17-8-4-16(5-9-17)32-22(36)15-2-6-18(7-3-15)35-11-10-31-14-35/h2-3,6-7,10-14,16-17H,4-5,8-9H2,1H3,(H,32,36). The van der Waals surface area contributed by atoms with Gasteiger partial charge in [-0.05, 0) is 62.1 Å². The summed E-state index contributed by atoms with van der Waals surface area (Å²) in [7, 11) is 1.47. The summed E-state index contributed by atoms with van der Waals surface area (Å²) < 4.78 is 80.7. The summed E-state index contributed by atoms with van der Waals surface area (Å²) in [5.74, 6) is -0.247. The summed E-state index contributed by atoms with van der Waals surface area (Å²) in [5.41, 5.74) is -2.03. The Hall–Kier alpha value is -3.57. The van der Waals surface area contributed by atoms with Crippen LogP contribution in [0.4, 0.5) is 32.0 Å². The molecule has 0 bridgehead atoms. The number of hydrogen-bond acceptors (Lipinski definition) is 4. The Labute approximate surface area is 203 Å². The van der Waals surface area contributed by atoms with Crippen LogP contribution < -0.4 is 10.2 Å². The average Bonchev–Trinajstić information content (AvgIpc) is 3.38. The van der Waals surface area contributed by atoms with Crippen molar-refractivity contribution in [2.24, 2.45) is 0 Å². The van der Waals surface area contributed by atoms with Gasteiger partial charge < -0.3 is 14.8 Å². The number of anilines is 1. The van der Waals surface area contributed by atoms with E-state index in [-0.39, 0.29) is 23.7 Å². The summed E-state index contributed by atoms with van der Waals surface area (Å²) in [5, 5.41) is 2.96. The first-order chi connectivity index (χ1) is 16.9. The number of rotatable bonds is 5. The van der Waals surface area contributed by atoms with E-state index in [1.165, 1.54) is 11.9 Å². The van der Waals surface area contributed by atoms with Gasteiger partial charge in [0.25, 0.3) is 5.91 Å². The third kappa shape index (κ3) is 5.80. The molecule has 1 aliphatic rings. The number of benzene rings is 1. The smallest absolute Gasteiger partial charge is 0.371 e. The number of carbonyl (C=O) groups excluding carboxylic acids is 1. The molecule has 3 aromatic rings. The van der Waals surface area contributed by atoms with Crippen LogP contribution in [0.2, 0.25) is 0 Å². The lowest BCUT2D eigenvalue weighted by Gasteiger charge is -2.36. The average molecular weight is 511 g/mol. The van der Waals surface area contributed by atoms with Gasteiger partial charge in [-0.2, -0.15) is 26.3 Å². The number of halogens is 6. The zero-order chi connectivity index (χ0) is 26.1. The van der Waals surface area contributed by atoms with Gasteiger partial charge in [-0.15, -0.1) is 0 Å². The second kappa shape index (κ2) is 9.82. The van der Waals surface area contributed by atoms with Crippen molar-refractivity contribution in [2.45, 2.75) is 50.1 Å². The Morgan fingerprint density at radius 1 is 0.972 bits per heavy atom. The van der Waals surface area contributed by atoms with E-state index in [9.17, 15) is 31.1 Å². The Bertz CT molecular complexity index is 1150. The summed E-state index contributed by atoms with van der Waals surface area (Å²) in [6.07, 6.45) is -2.87. The first kappa shape index (κ1) is 25.5. The number of alkyl halides is 6. The predicted molar refractivity (Wildman–Crippen MR) is 120 cm³/mol. The molecule has 4 rings (SSSR count). The van der Waals surface area contributed by atoms with Gasteiger partial charge >= 0.3 is 12.4 Å². The number of amides is 1. The van der Waals surface area contributed by atoms with Gasteiger partial charge in [-0.3, -0.25) is 4.79 Å². The number of nitrogens with one attached hydrogen (secondary N) is 1. The van der Waals surface area contributed by atoms with Crippen molar-refractivity contribution >= 4 is 11.6 Å². The van der Waals surface area contributed by atoms with Crippen LogP contribution in [0.5, 0.6) is 0 Å². The maximum Gasteiger partial charge on any atom is 0.433 e. The van der Waals surface area contributed by atoms with Gasteiger partial charge in [0.15, 0.2) is 0 Å². The Kier molecular flexibility index (Phi) is 6.96. The largest absolute Gasteiger partial charge is 0.433 e. The highest BCUT2D eigenvalue weighted by Gasteiger charge is 2.39. The maximum atomic E-state index is 13.2. The minimum absolute atomic E-state index is 0.149. The van der Waals surface area contributed by atoms with Crippen LogP contribution in [0.15, 0.2) is 55.1 Å². The molecule has 0 radical (unpaired) electrons. The number of aromatic nitrogens is 3. The molecule has 1 amide bonds. The van der Waals surface area contributed by atoms with Gasteiger partial charge in [0.05, 0.1) is 6.33 Å². The van der Waals surface area contributed by atoms with Crippen molar-refractivity contribution in [1.82, 2.24) is 19.9 Å². The minimum Gasteiger partial charge on any atom is -0.371 e. The lowest BCUT2D eigenvalue weighted by molar-refractivity contribution is -0.150. The molecule has 6 nitrogen and oxygen atoms in total. The van der Waals surface area contributed by atoms with E-state index in [0.717, 1.165) is 5.69 Å². The van der Waals surface area contributed by atoms with E-state index in [1.54, 1.807) is 47.6 Å². The molecule has 2 aromatic heterocycles. The molecular weight excluding hydrogens is 488 g/mol. The van der Waals surface area contributed by atoms with Crippen molar-refractivity contribution in [3.8, 4) is 5.69 Å². The summed E-state index contributed by atoms with van der Waals surface area (Å²) in [6, 6.07) is 7.83. The van der Waals surface area contributed by atoms with Crippen LogP contribution in [0, 0.1) is 0 Å². The highest BCUT2D eigenvalue weighted by atomic mass is 19.4. The highest BCUT2D eigenvalue weighted by molar-refractivity contribution is 5.94. The SMILES string of the molecule is CN(c1cc(C(F)(F)F)nc(C(F)(F)F)c1)C1CCC(NC(=O)c2ccc(-n3ccnc3)cc2)CC1. The predicted octanol–water partition coefficient (Wildman–Crippen LogP) is 5.48. The van der Waals surface area contributed by atoms with E-state index < -0.39 is 23.7 Å². The molecule has 36 heavy (non-hydrogen) atoms. The lowest BCUT2D eigenvalue weighted by atomic mass is 9.90. The van der Waals surface area contributed by atoms with E-state index >= 15 is 0 Å². The topological polar surface area (TPSA) is 63.1 Å². The highest BCUT2D eigenvalue weighted by Crippen LogP contribution is 2.37. The fraction of sp³-hybridized carbons (Fsp3) is 0.375. The molecule has 1 N–H and O–H groups in total. The quantitative estimate of drug-likeness (QED) is 0.461. The van der Waals surface area contributed by atoms with Crippen LogP contribution in [0.3, 0.4) is 0 Å². The number of hydrogen-bond donors (Lipinski definition) is 1. The number of nitrogens with zero attached hydrogens (tertiary/aromatic N) is 4. The monoisotopic (exact) mass is 511 g/mol. The van der Waals surface area contributed by atoms with E-state index in [1.807, 2.05) is 0 Å². The first-order valence-corrected chi connectivity index (χ1v) is 11.2. The van der Waals surface area contributed by atoms with Crippen molar-refractivity contribution < 1.29 is 31.1 Å². The molecule has 0 atom stereocenters. The Balaban J connectivity index is 1.38. The fourth-order valence-corrected chi connectivity index (χ4v) is 4.29. The fourth-order valence-electron chi connectivity index (χ4n) is 4.29. The first-order valence-electron chi connectivity index (χ1n) is 11.2. The zero-order valence-corrected chi connectivity index (χ0v) is 19.1. The van der Waals surface area contributed by atoms with Crippen molar-refractivity contribution in [3.63, 3.8) is 0 Å². The van der Waals surface area contributed by atoms with E-state index in [0.29, 0.717) is 43.4 Å². The molecule has 12 heteroatoms. The van der Waals surface area contributed by atoms with Gasteiger partial charge in [-0.1, -0.05) is 0 Å². The lowest BCUT2D eigenvalue weighted by Crippen LogP contribution is -2.43. The molecule has 1 saturated carbocycles. The van der Waals surface area contributed by atoms with Crippen LogP contribution >= 0.6 is 0 Å². The second-order valence-electron chi connectivity index (χ2n) is 8.70. The molecule has 0 unspecified atom stereocenters. The molecule has 1 aromatic carbocycles. The molecule has 2 heterocycles. The van der Waals surface area contributed by atoms with Gasteiger partial charge in [0.2, 0.25) is 0 Å². The maximum absolute atomic E-state index is 13.2. The molecule has 192 valence electrons. The van der Waals surface area contributed by atoms with Crippen molar-refractivity contribution in [1.29, 1.82) is 0 Å². The van der Waals surface area contributed by atoms with E-state index in [4.69, 9.17) is 0 Å².